The summed E-state index contributed by atoms with van der Waals surface area (Å²) in [5.74, 6) is 0.743. The minimum atomic E-state index is 0.0447. The molecule has 1 aliphatic heterocycles. The number of nitrogens with zero attached hydrogens (tertiary/aromatic N) is 4. The molecule has 3 heterocycles. The van der Waals surface area contributed by atoms with Gasteiger partial charge in [0.1, 0.15) is 0 Å². The van der Waals surface area contributed by atoms with Gasteiger partial charge in [-0.3, -0.25) is 4.79 Å². The van der Waals surface area contributed by atoms with Crippen LogP contribution in [0, 0.1) is 0 Å². The fourth-order valence-corrected chi connectivity index (χ4v) is 3.38. The third-order valence-electron chi connectivity index (χ3n) is 3.24. The number of amides is 1. The summed E-state index contributed by atoms with van der Waals surface area (Å²) in [6, 6.07) is 3.53. The van der Waals surface area contributed by atoms with E-state index in [4.69, 9.17) is 11.6 Å². The average molecular weight is 388 g/mol. The van der Waals surface area contributed by atoms with E-state index in [0.29, 0.717) is 28.3 Å². The second kappa shape index (κ2) is 6.29. The monoisotopic (exact) mass is 386 g/mol. The first kappa shape index (κ1) is 14.7. The molecule has 0 radical (unpaired) electrons. The molecule has 1 fully saturated rings. The van der Waals surface area contributed by atoms with Crippen molar-refractivity contribution >= 4 is 50.7 Å². The largest absolute Gasteiger partial charge is 0.337 e. The van der Waals surface area contributed by atoms with E-state index in [1.807, 2.05) is 4.90 Å². The van der Waals surface area contributed by atoms with Crippen LogP contribution in [0.25, 0.3) is 0 Å². The molecule has 5 nitrogen and oxygen atoms in total. The average Bonchev–Trinajstić information content (AvgIpc) is 2.94. The Kier molecular flexibility index (Phi) is 4.42. The Bertz CT molecular complexity index is 640. The van der Waals surface area contributed by atoms with Crippen LogP contribution in [0.2, 0.25) is 4.34 Å². The third kappa shape index (κ3) is 3.36. The van der Waals surface area contributed by atoms with Crippen molar-refractivity contribution in [2.45, 2.75) is 0 Å². The van der Waals surface area contributed by atoms with Crippen molar-refractivity contribution in [3.05, 3.63) is 38.2 Å². The van der Waals surface area contributed by atoms with Crippen molar-refractivity contribution in [3.63, 3.8) is 0 Å². The first-order chi connectivity index (χ1) is 10.1. The number of hydrogen-bond acceptors (Lipinski definition) is 5. The van der Waals surface area contributed by atoms with Crippen molar-refractivity contribution in [1.82, 2.24) is 14.9 Å². The smallest absolute Gasteiger partial charge is 0.264 e. The Hall–Kier alpha value is -1.18. The quantitative estimate of drug-likeness (QED) is 0.795. The second-order valence-corrected chi connectivity index (χ2v) is 7.22. The Morgan fingerprint density at radius 3 is 2.43 bits per heavy atom. The van der Waals surface area contributed by atoms with Gasteiger partial charge < -0.3 is 9.80 Å². The van der Waals surface area contributed by atoms with Gasteiger partial charge in [-0.05, 0) is 28.1 Å². The molecule has 0 spiro atoms. The van der Waals surface area contributed by atoms with Crippen molar-refractivity contribution in [1.29, 1.82) is 0 Å². The van der Waals surface area contributed by atoms with Crippen LogP contribution in [0.1, 0.15) is 9.67 Å². The van der Waals surface area contributed by atoms with Crippen molar-refractivity contribution < 1.29 is 4.79 Å². The van der Waals surface area contributed by atoms with Gasteiger partial charge in [-0.25, -0.2) is 9.97 Å². The maximum atomic E-state index is 12.3. The van der Waals surface area contributed by atoms with Gasteiger partial charge in [-0.2, -0.15) is 0 Å². The molecule has 1 saturated heterocycles. The number of carbonyl (C=O) groups excluding carboxylic acids is 1. The first-order valence-corrected chi connectivity index (χ1v) is 8.39. The van der Waals surface area contributed by atoms with Gasteiger partial charge in [0.25, 0.3) is 5.91 Å². The van der Waals surface area contributed by atoms with Crippen LogP contribution in [0.4, 0.5) is 5.95 Å². The van der Waals surface area contributed by atoms with E-state index in [2.05, 4.69) is 30.8 Å². The molecule has 8 heteroatoms. The molecule has 0 aromatic carbocycles. The highest BCUT2D eigenvalue weighted by molar-refractivity contribution is 9.10. The molecule has 1 amide bonds. The maximum absolute atomic E-state index is 12.3. The van der Waals surface area contributed by atoms with Crippen LogP contribution in [0.3, 0.4) is 0 Å². The van der Waals surface area contributed by atoms with Gasteiger partial charge in [-0.15, -0.1) is 11.3 Å². The van der Waals surface area contributed by atoms with Crippen LogP contribution >= 0.6 is 38.9 Å². The highest BCUT2D eigenvalue weighted by atomic mass is 79.9. The van der Waals surface area contributed by atoms with Crippen LogP contribution < -0.4 is 4.90 Å². The van der Waals surface area contributed by atoms with E-state index >= 15 is 0 Å². The molecule has 0 unspecified atom stereocenters. The summed E-state index contributed by atoms with van der Waals surface area (Å²) in [7, 11) is 0. The number of hydrogen-bond donors (Lipinski definition) is 0. The summed E-state index contributed by atoms with van der Waals surface area (Å²) in [4.78, 5) is 25.5. The number of carbonyl (C=O) groups is 1. The molecule has 0 saturated carbocycles. The lowest BCUT2D eigenvalue weighted by molar-refractivity contribution is 0.0751. The SMILES string of the molecule is O=C(c1ccc(Cl)s1)N1CCN(c2ncc(Br)cn2)CC1. The normalized spacial score (nSPS) is 15.3. The first-order valence-electron chi connectivity index (χ1n) is 6.40. The van der Waals surface area contributed by atoms with E-state index < -0.39 is 0 Å². The van der Waals surface area contributed by atoms with Crippen LogP contribution in [-0.4, -0.2) is 47.0 Å². The zero-order valence-corrected chi connectivity index (χ0v) is 14.2. The summed E-state index contributed by atoms with van der Waals surface area (Å²) in [5.41, 5.74) is 0. The van der Waals surface area contributed by atoms with E-state index in [1.165, 1.54) is 11.3 Å². The number of piperazine rings is 1. The number of aromatic nitrogens is 2. The van der Waals surface area contributed by atoms with E-state index in [1.54, 1.807) is 24.5 Å². The molecule has 110 valence electrons. The van der Waals surface area contributed by atoms with Gasteiger partial charge in [0.2, 0.25) is 5.95 Å². The summed E-state index contributed by atoms with van der Waals surface area (Å²) in [6.45, 7) is 2.78. The summed E-state index contributed by atoms with van der Waals surface area (Å²) in [5, 5.41) is 0. The van der Waals surface area contributed by atoms with Gasteiger partial charge in [0, 0.05) is 38.6 Å². The van der Waals surface area contributed by atoms with Gasteiger partial charge in [0.15, 0.2) is 0 Å². The fraction of sp³-hybridized carbons (Fsp3) is 0.308. The van der Waals surface area contributed by atoms with Crippen molar-refractivity contribution in [2.75, 3.05) is 31.1 Å². The zero-order chi connectivity index (χ0) is 14.8. The van der Waals surface area contributed by atoms with Gasteiger partial charge in [-0.1, -0.05) is 11.6 Å². The van der Waals surface area contributed by atoms with E-state index in [-0.39, 0.29) is 5.91 Å². The Morgan fingerprint density at radius 1 is 1.19 bits per heavy atom. The molecule has 0 atom stereocenters. The molecule has 2 aromatic heterocycles. The highest BCUT2D eigenvalue weighted by Crippen LogP contribution is 2.23. The standard InChI is InChI=1S/C13H12BrClN4OS/c14-9-7-16-13(17-8-9)19-5-3-18(4-6-19)12(20)10-1-2-11(15)21-10/h1-2,7-8H,3-6H2. The molecule has 0 bridgehead atoms. The van der Waals surface area contributed by atoms with Crippen molar-refractivity contribution in [3.8, 4) is 0 Å². The fourth-order valence-electron chi connectivity index (χ4n) is 2.16. The number of rotatable bonds is 2. The lowest BCUT2D eigenvalue weighted by atomic mass is 10.3. The molecule has 3 rings (SSSR count). The Morgan fingerprint density at radius 2 is 1.86 bits per heavy atom. The molecule has 0 N–H and O–H groups in total. The minimum Gasteiger partial charge on any atom is -0.337 e. The predicted octanol–water partition coefficient (Wildman–Crippen LogP) is 2.92. The summed E-state index contributed by atoms with van der Waals surface area (Å²) >= 11 is 10.5. The highest BCUT2D eigenvalue weighted by Gasteiger charge is 2.24. The summed E-state index contributed by atoms with van der Waals surface area (Å²) < 4.78 is 1.50. The van der Waals surface area contributed by atoms with E-state index in [0.717, 1.165) is 17.6 Å². The topological polar surface area (TPSA) is 49.3 Å². The zero-order valence-electron chi connectivity index (χ0n) is 11.0. The number of anilines is 1. The lowest BCUT2D eigenvalue weighted by Crippen LogP contribution is -2.49. The molecule has 2 aromatic rings. The third-order valence-corrected chi connectivity index (χ3v) is 4.87. The van der Waals surface area contributed by atoms with Crippen molar-refractivity contribution in [2.24, 2.45) is 0 Å². The predicted molar refractivity (Wildman–Crippen MR) is 87.2 cm³/mol. The molecule has 0 aliphatic carbocycles. The number of halogens is 2. The summed E-state index contributed by atoms with van der Waals surface area (Å²) in [6.07, 6.45) is 3.46. The lowest BCUT2D eigenvalue weighted by Gasteiger charge is -2.34. The maximum Gasteiger partial charge on any atom is 0.264 e. The second-order valence-electron chi connectivity index (χ2n) is 4.58. The van der Waals surface area contributed by atoms with Crippen LogP contribution in [0.15, 0.2) is 29.0 Å². The van der Waals surface area contributed by atoms with Crippen LogP contribution in [0.5, 0.6) is 0 Å². The Balaban J connectivity index is 1.62. The number of thiophene rings is 1. The van der Waals surface area contributed by atoms with Gasteiger partial charge in [0.05, 0.1) is 13.7 Å². The molecular weight excluding hydrogens is 376 g/mol. The Labute approximate surface area is 139 Å². The molecule has 1 aliphatic rings. The van der Waals surface area contributed by atoms with Crippen LogP contribution in [-0.2, 0) is 0 Å². The molecule has 21 heavy (non-hydrogen) atoms. The molecular formula is C13H12BrClN4OS. The van der Waals surface area contributed by atoms with E-state index in [9.17, 15) is 4.79 Å². The minimum absolute atomic E-state index is 0.0447. The van der Waals surface area contributed by atoms with Gasteiger partial charge >= 0.3 is 0 Å².